The lowest BCUT2D eigenvalue weighted by molar-refractivity contribution is -0.127. The quantitative estimate of drug-likeness (QED) is 0.600. The Morgan fingerprint density at radius 1 is 1.36 bits per heavy atom. The summed E-state index contributed by atoms with van der Waals surface area (Å²) in [5, 5.41) is 3.15. The molecule has 1 fully saturated rings. The summed E-state index contributed by atoms with van der Waals surface area (Å²) >= 11 is 0. The molecule has 0 radical (unpaired) electrons. The molecular weight excluding hydrogens is 178 g/mol. The van der Waals surface area contributed by atoms with Crippen molar-refractivity contribution in [2.24, 2.45) is 0 Å². The van der Waals surface area contributed by atoms with E-state index in [1.807, 2.05) is 0 Å². The van der Waals surface area contributed by atoms with Gasteiger partial charge >= 0.3 is 0 Å². The van der Waals surface area contributed by atoms with Gasteiger partial charge < -0.3 is 15.1 Å². The van der Waals surface area contributed by atoms with E-state index in [1.54, 1.807) is 19.0 Å². The van der Waals surface area contributed by atoms with Gasteiger partial charge in [-0.15, -0.1) is 0 Å². The number of nitrogens with zero attached hydrogens (tertiary/aromatic N) is 2. The van der Waals surface area contributed by atoms with Crippen LogP contribution in [0.25, 0.3) is 0 Å². The molecule has 0 aromatic rings. The zero-order valence-electron chi connectivity index (χ0n) is 9.42. The van der Waals surface area contributed by atoms with E-state index in [4.69, 9.17) is 0 Å². The van der Waals surface area contributed by atoms with Gasteiger partial charge in [0.25, 0.3) is 0 Å². The standard InChI is InChI=1S/C10H21N3O/c1-12(2)10(14)8-11-6-7-13(3)9-4-5-9/h9,11H,4-8H2,1-3H3. The summed E-state index contributed by atoms with van der Waals surface area (Å²) in [5.41, 5.74) is 0. The van der Waals surface area contributed by atoms with Crippen LogP contribution in [0.5, 0.6) is 0 Å². The van der Waals surface area contributed by atoms with Crippen LogP contribution in [0, 0.1) is 0 Å². The third kappa shape index (κ3) is 4.07. The Bertz CT molecular complexity index is 190. The van der Waals surface area contributed by atoms with Gasteiger partial charge in [0.05, 0.1) is 6.54 Å². The van der Waals surface area contributed by atoms with Crippen molar-refractivity contribution < 1.29 is 4.79 Å². The predicted octanol–water partition coefficient (Wildman–Crippen LogP) is -0.242. The van der Waals surface area contributed by atoms with Gasteiger partial charge in [-0.05, 0) is 19.9 Å². The highest BCUT2D eigenvalue weighted by Gasteiger charge is 2.25. The van der Waals surface area contributed by atoms with Crippen LogP contribution in [0.15, 0.2) is 0 Å². The second-order valence-corrected chi connectivity index (χ2v) is 4.18. The molecule has 0 aromatic carbocycles. The molecule has 1 saturated carbocycles. The van der Waals surface area contributed by atoms with Crippen molar-refractivity contribution in [3.05, 3.63) is 0 Å². The van der Waals surface area contributed by atoms with E-state index in [0.29, 0.717) is 6.54 Å². The summed E-state index contributed by atoms with van der Waals surface area (Å²) in [6.45, 7) is 2.38. The van der Waals surface area contributed by atoms with Crippen molar-refractivity contribution in [3.63, 3.8) is 0 Å². The summed E-state index contributed by atoms with van der Waals surface area (Å²) in [5.74, 6) is 0.138. The molecule has 0 saturated heterocycles. The highest BCUT2D eigenvalue weighted by molar-refractivity contribution is 5.77. The van der Waals surface area contributed by atoms with Crippen LogP contribution < -0.4 is 5.32 Å². The number of carbonyl (C=O) groups excluding carboxylic acids is 1. The van der Waals surface area contributed by atoms with Gasteiger partial charge in [-0.3, -0.25) is 4.79 Å². The zero-order valence-corrected chi connectivity index (χ0v) is 9.42. The summed E-state index contributed by atoms with van der Waals surface area (Å²) in [7, 11) is 5.70. The van der Waals surface area contributed by atoms with E-state index in [9.17, 15) is 4.79 Å². The fourth-order valence-electron chi connectivity index (χ4n) is 1.31. The molecule has 0 atom stereocenters. The van der Waals surface area contributed by atoms with Gasteiger partial charge in [-0.2, -0.15) is 0 Å². The number of nitrogens with one attached hydrogen (secondary N) is 1. The smallest absolute Gasteiger partial charge is 0.236 e. The van der Waals surface area contributed by atoms with Crippen LogP contribution >= 0.6 is 0 Å². The van der Waals surface area contributed by atoms with E-state index in [-0.39, 0.29) is 5.91 Å². The van der Waals surface area contributed by atoms with Crippen molar-refractivity contribution in [1.82, 2.24) is 15.1 Å². The Balaban J connectivity index is 1.95. The lowest BCUT2D eigenvalue weighted by atomic mass is 10.4. The SMILES string of the molecule is CN(C)C(=O)CNCCN(C)C1CC1. The number of carbonyl (C=O) groups is 1. The van der Waals surface area contributed by atoms with Crippen LogP contribution in [-0.4, -0.2) is 62.5 Å². The van der Waals surface area contributed by atoms with Gasteiger partial charge in [0.1, 0.15) is 0 Å². The number of rotatable bonds is 6. The molecule has 4 heteroatoms. The molecular formula is C10H21N3O. The van der Waals surface area contributed by atoms with E-state index < -0.39 is 0 Å². The van der Waals surface area contributed by atoms with Crippen LogP contribution in [-0.2, 0) is 4.79 Å². The summed E-state index contributed by atoms with van der Waals surface area (Å²) in [6, 6.07) is 0.807. The van der Waals surface area contributed by atoms with E-state index in [2.05, 4.69) is 17.3 Å². The molecule has 0 bridgehead atoms. The fraction of sp³-hybridized carbons (Fsp3) is 0.900. The number of likely N-dealkylation sites (N-methyl/N-ethyl adjacent to an activating group) is 2. The first-order valence-electron chi connectivity index (χ1n) is 5.22. The fourth-order valence-corrected chi connectivity index (χ4v) is 1.31. The van der Waals surface area contributed by atoms with Crippen LogP contribution in [0.4, 0.5) is 0 Å². The zero-order chi connectivity index (χ0) is 10.6. The molecule has 1 aliphatic carbocycles. The average molecular weight is 199 g/mol. The Morgan fingerprint density at radius 3 is 2.50 bits per heavy atom. The lowest BCUT2D eigenvalue weighted by Gasteiger charge is -2.16. The Morgan fingerprint density at radius 2 is 2.00 bits per heavy atom. The topological polar surface area (TPSA) is 35.6 Å². The Hall–Kier alpha value is -0.610. The third-order valence-corrected chi connectivity index (χ3v) is 2.59. The first-order valence-corrected chi connectivity index (χ1v) is 5.22. The summed E-state index contributed by atoms with van der Waals surface area (Å²) in [6.07, 6.45) is 2.68. The van der Waals surface area contributed by atoms with Crippen molar-refractivity contribution in [1.29, 1.82) is 0 Å². The monoisotopic (exact) mass is 199 g/mol. The predicted molar refractivity (Wildman–Crippen MR) is 57.2 cm³/mol. The van der Waals surface area contributed by atoms with Crippen LogP contribution in [0.2, 0.25) is 0 Å². The van der Waals surface area contributed by atoms with Crippen molar-refractivity contribution in [3.8, 4) is 0 Å². The summed E-state index contributed by atoms with van der Waals surface area (Å²) < 4.78 is 0. The molecule has 1 N–H and O–H groups in total. The van der Waals surface area contributed by atoms with Crippen LogP contribution in [0.1, 0.15) is 12.8 Å². The van der Waals surface area contributed by atoms with Crippen molar-refractivity contribution in [2.75, 3.05) is 40.8 Å². The molecule has 1 aliphatic rings. The molecule has 1 amide bonds. The minimum atomic E-state index is 0.138. The van der Waals surface area contributed by atoms with Gasteiger partial charge in [0, 0.05) is 33.2 Å². The van der Waals surface area contributed by atoms with Gasteiger partial charge in [0.2, 0.25) is 5.91 Å². The maximum atomic E-state index is 11.2. The van der Waals surface area contributed by atoms with E-state index in [0.717, 1.165) is 19.1 Å². The molecule has 0 heterocycles. The van der Waals surface area contributed by atoms with Gasteiger partial charge in [-0.25, -0.2) is 0 Å². The maximum absolute atomic E-state index is 11.2. The molecule has 0 spiro atoms. The van der Waals surface area contributed by atoms with E-state index >= 15 is 0 Å². The highest BCUT2D eigenvalue weighted by atomic mass is 16.2. The van der Waals surface area contributed by atoms with Gasteiger partial charge in [-0.1, -0.05) is 0 Å². The van der Waals surface area contributed by atoms with Gasteiger partial charge in [0.15, 0.2) is 0 Å². The molecule has 0 unspecified atom stereocenters. The first kappa shape index (κ1) is 11.5. The highest BCUT2D eigenvalue weighted by Crippen LogP contribution is 2.24. The molecule has 82 valence electrons. The molecule has 0 aromatic heterocycles. The Labute approximate surface area is 86.2 Å². The van der Waals surface area contributed by atoms with Crippen LogP contribution in [0.3, 0.4) is 0 Å². The first-order chi connectivity index (χ1) is 6.61. The second kappa shape index (κ2) is 5.32. The summed E-state index contributed by atoms with van der Waals surface area (Å²) in [4.78, 5) is 15.1. The molecule has 14 heavy (non-hydrogen) atoms. The van der Waals surface area contributed by atoms with Crippen molar-refractivity contribution in [2.45, 2.75) is 18.9 Å². The third-order valence-electron chi connectivity index (χ3n) is 2.59. The average Bonchev–Trinajstić information content (AvgIpc) is 2.94. The second-order valence-electron chi connectivity index (χ2n) is 4.18. The minimum absolute atomic E-state index is 0.138. The molecule has 4 nitrogen and oxygen atoms in total. The van der Waals surface area contributed by atoms with Crippen molar-refractivity contribution >= 4 is 5.91 Å². The molecule has 1 rings (SSSR count). The molecule has 0 aliphatic heterocycles. The number of amides is 1. The van der Waals surface area contributed by atoms with E-state index in [1.165, 1.54) is 12.8 Å². The minimum Gasteiger partial charge on any atom is -0.348 e. The number of hydrogen-bond acceptors (Lipinski definition) is 3. The maximum Gasteiger partial charge on any atom is 0.236 e. The largest absolute Gasteiger partial charge is 0.348 e. The lowest BCUT2D eigenvalue weighted by Crippen LogP contribution is -2.37. The number of hydrogen-bond donors (Lipinski definition) is 1. The normalized spacial score (nSPS) is 16.0. The Kier molecular flexibility index (Phi) is 4.35.